The van der Waals surface area contributed by atoms with Crippen LogP contribution in [-0.2, 0) is 11.3 Å². The molecule has 3 rings (SSSR count). The van der Waals surface area contributed by atoms with Gasteiger partial charge in [0.1, 0.15) is 6.54 Å². The van der Waals surface area contributed by atoms with E-state index in [0.29, 0.717) is 0 Å². The van der Waals surface area contributed by atoms with Gasteiger partial charge in [0, 0.05) is 11.2 Å². The van der Waals surface area contributed by atoms with Gasteiger partial charge in [0.15, 0.2) is 5.82 Å². The molecule has 1 amide bonds. The second-order valence-electron chi connectivity index (χ2n) is 5.08. The van der Waals surface area contributed by atoms with E-state index >= 15 is 0 Å². The van der Waals surface area contributed by atoms with Gasteiger partial charge in [-0.1, -0.05) is 35.9 Å². The number of hydrogen-bond acceptors (Lipinski definition) is 1. The average molecular weight is 317 g/mol. The summed E-state index contributed by atoms with van der Waals surface area (Å²) in [6.45, 7) is 2.05. The maximum absolute atomic E-state index is 13.8. The highest BCUT2D eigenvalue weighted by Crippen LogP contribution is 2.23. The Kier molecular flexibility index (Phi) is 3.86. The number of benzene rings is 2. The van der Waals surface area contributed by atoms with E-state index in [2.05, 4.69) is 5.32 Å². The molecule has 5 heteroatoms. The number of carbonyl (C=O) groups excluding carboxylic acids is 1. The molecular weight excluding hydrogens is 303 g/mol. The summed E-state index contributed by atoms with van der Waals surface area (Å²) in [6.07, 6.45) is 0. The molecule has 0 aliphatic heterocycles. The van der Waals surface area contributed by atoms with E-state index in [0.717, 1.165) is 16.6 Å². The number of carbonyl (C=O) groups is 1. The number of fused-ring (bicyclic) bond motifs is 1. The van der Waals surface area contributed by atoms with Gasteiger partial charge in [-0.15, -0.1) is 0 Å². The number of aromatic nitrogens is 1. The van der Waals surface area contributed by atoms with Gasteiger partial charge >= 0.3 is 0 Å². The van der Waals surface area contributed by atoms with E-state index in [4.69, 9.17) is 11.6 Å². The molecule has 0 fully saturated rings. The van der Waals surface area contributed by atoms with Crippen molar-refractivity contribution in [3.8, 4) is 0 Å². The molecule has 0 aliphatic carbocycles. The Morgan fingerprint density at radius 3 is 2.82 bits per heavy atom. The van der Waals surface area contributed by atoms with Crippen molar-refractivity contribution >= 4 is 34.1 Å². The van der Waals surface area contributed by atoms with E-state index in [1.54, 1.807) is 6.07 Å². The first-order valence-corrected chi connectivity index (χ1v) is 7.23. The lowest BCUT2D eigenvalue weighted by Gasteiger charge is -2.10. The Morgan fingerprint density at radius 1 is 1.23 bits per heavy atom. The molecule has 0 radical (unpaired) electrons. The molecular formula is C17H14ClFN2O. The molecule has 0 atom stereocenters. The lowest BCUT2D eigenvalue weighted by Crippen LogP contribution is -2.20. The molecule has 112 valence electrons. The Bertz CT molecular complexity index is 857. The van der Waals surface area contributed by atoms with Gasteiger partial charge in [-0.2, -0.15) is 0 Å². The highest BCUT2D eigenvalue weighted by Gasteiger charge is 2.12. The Hall–Kier alpha value is -2.33. The first kappa shape index (κ1) is 14.6. The molecule has 0 aliphatic rings. The minimum absolute atomic E-state index is 0.0135. The summed E-state index contributed by atoms with van der Waals surface area (Å²) >= 11 is 5.71. The van der Waals surface area contributed by atoms with E-state index in [1.165, 1.54) is 12.1 Å². The van der Waals surface area contributed by atoms with Gasteiger partial charge in [-0.05, 0) is 36.6 Å². The van der Waals surface area contributed by atoms with E-state index in [9.17, 15) is 9.18 Å². The fourth-order valence-corrected chi connectivity index (χ4v) is 2.67. The van der Waals surface area contributed by atoms with Crippen LogP contribution in [0.15, 0.2) is 48.5 Å². The summed E-state index contributed by atoms with van der Waals surface area (Å²) < 4.78 is 15.7. The number of para-hydroxylation sites is 1. The lowest BCUT2D eigenvalue weighted by atomic mass is 10.2. The summed E-state index contributed by atoms with van der Waals surface area (Å²) in [4.78, 5) is 12.2. The molecule has 0 saturated heterocycles. The third kappa shape index (κ3) is 2.70. The van der Waals surface area contributed by atoms with Crippen LogP contribution in [-0.4, -0.2) is 10.5 Å². The Morgan fingerprint density at radius 2 is 2.00 bits per heavy atom. The number of amides is 1. The quantitative estimate of drug-likeness (QED) is 0.764. The zero-order chi connectivity index (χ0) is 15.7. The molecule has 2 aromatic carbocycles. The average Bonchev–Trinajstić information content (AvgIpc) is 2.80. The summed E-state index contributed by atoms with van der Waals surface area (Å²) in [5.74, 6) is -0.919. The lowest BCUT2D eigenvalue weighted by molar-refractivity contribution is -0.116. The Labute approximate surface area is 132 Å². The highest BCUT2D eigenvalue weighted by molar-refractivity contribution is 6.31. The van der Waals surface area contributed by atoms with Crippen molar-refractivity contribution in [3.05, 3.63) is 65.1 Å². The number of nitrogens with one attached hydrogen (secondary N) is 1. The molecule has 0 bridgehead atoms. The van der Waals surface area contributed by atoms with Crippen LogP contribution in [0.2, 0.25) is 5.02 Å². The molecule has 0 saturated carbocycles. The first-order chi connectivity index (χ1) is 10.6. The molecule has 1 N–H and O–H groups in total. The number of anilines is 1. The molecule has 3 nitrogen and oxygen atoms in total. The monoisotopic (exact) mass is 316 g/mol. The first-order valence-electron chi connectivity index (χ1n) is 6.85. The number of hydrogen-bond donors (Lipinski definition) is 1. The SMILES string of the molecule is Cc1cc2ccccc2n1CC(=O)Nc1cccc(Cl)c1F. The van der Waals surface area contributed by atoms with Gasteiger partial charge in [0.25, 0.3) is 0 Å². The van der Waals surface area contributed by atoms with Crippen LogP contribution < -0.4 is 5.32 Å². The van der Waals surface area contributed by atoms with Gasteiger partial charge in [-0.3, -0.25) is 4.79 Å². The van der Waals surface area contributed by atoms with Crippen molar-refractivity contribution in [2.75, 3.05) is 5.32 Å². The largest absolute Gasteiger partial charge is 0.335 e. The normalized spacial score (nSPS) is 10.9. The van der Waals surface area contributed by atoms with Crippen molar-refractivity contribution in [1.29, 1.82) is 0 Å². The van der Waals surface area contributed by atoms with E-state index < -0.39 is 5.82 Å². The van der Waals surface area contributed by atoms with Crippen molar-refractivity contribution in [2.24, 2.45) is 0 Å². The summed E-state index contributed by atoms with van der Waals surface area (Å²) in [5.41, 5.74) is 2.04. The minimum Gasteiger partial charge on any atom is -0.335 e. The van der Waals surface area contributed by atoms with Crippen molar-refractivity contribution in [2.45, 2.75) is 13.5 Å². The predicted octanol–water partition coefficient (Wildman–Crippen LogP) is 4.38. The molecule has 3 aromatic rings. The third-order valence-electron chi connectivity index (χ3n) is 3.55. The molecule has 1 heterocycles. The molecule has 1 aromatic heterocycles. The minimum atomic E-state index is -0.619. The van der Waals surface area contributed by atoms with Gasteiger partial charge in [0.05, 0.1) is 10.7 Å². The summed E-state index contributed by atoms with van der Waals surface area (Å²) in [7, 11) is 0. The highest BCUT2D eigenvalue weighted by atomic mass is 35.5. The summed E-state index contributed by atoms with van der Waals surface area (Å²) in [5, 5.41) is 3.62. The molecule has 0 spiro atoms. The topological polar surface area (TPSA) is 34.0 Å². The molecule has 22 heavy (non-hydrogen) atoms. The Balaban J connectivity index is 1.84. The summed E-state index contributed by atoms with van der Waals surface area (Å²) in [6, 6.07) is 14.4. The van der Waals surface area contributed by atoms with Crippen LogP contribution in [0.1, 0.15) is 5.69 Å². The number of halogens is 2. The number of aryl methyl sites for hydroxylation is 1. The van der Waals surface area contributed by atoms with Gasteiger partial charge in [0.2, 0.25) is 5.91 Å². The van der Waals surface area contributed by atoms with Crippen LogP contribution in [0.4, 0.5) is 10.1 Å². The van der Waals surface area contributed by atoms with Crippen LogP contribution in [0.5, 0.6) is 0 Å². The fourth-order valence-electron chi connectivity index (χ4n) is 2.49. The van der Waals surface area contributed by atoms with Gasteiger partial charge < -0.3 is 9.88 Å². The van der Waals surface area contributed by atoms with Crippen molar-refractivity contribution in [1.82, 2.24) is 4.57 Å². The standard InChI is InChI=1S/C17H14ClFN2O/c1-11-9-12-5-2-3-8-15(12)21(11)10-16(22)20-14-7-4-6-13(18)17(14)19/h2-9H,10H2,1H3,(H,20,22). The predicted molar refractivity (Wildman–Crippen MR) is 86.7 cm³/mol. The zero-order valence-electron chi connectivity index (χ0n) is 11.9. The fraction of sp³-hybridized carbons (Fsp3) is 0.118. The van der Waals surface area contributed by atoms with Crippen LogP contribution in [0, 0.1) is 12.7 Å². The second-order valence-corrected chi connectivity index (χ2v) is 5.49. The van der Waals surface area contributed by atoms with Crippen molar-refractivity contribution in [3.63, 3.8) is 0 Å². The third-order valence-corrected chi connectivity index (χ3v) is 3.84. The van der Waals surface area contributed by atoms with Crippen molar-refractivity contribution < 1.29 is 9.18 Å². The van der Waals surface area contributed by atoms with Crippen LogP contribution in [0.3, 0.4) is 0 Å². The van der Waals surface area contributed by atoms with Crippen LogP contribution >= 0.6 is 11.6 Å². The smallest absolute Gasteiger partial charge is 0.244 e. The number of nitrogens with zero attached hydrogens (tertiary/aromatic N) is 1. The maximum Gasteiger partial charge on any atom is 0.244 e. The van der Waals surface area contributed by atoms with Crippen LogP contribution in [0.25, 0.3) is 10.9 Å². The maximum atomic E-state index is 13.8. The van der Waals surface area contributed by atoms with E-state index in [-0.39, 0.29) is 23.2 Å². The second kappa shape index (κ2) is 5.81. The zero-order valence-corrected chi connectivity index (χ0v) is 12.7. The molecule has 0 unspecified atom stereocenters. The van der Waals surface area contributed by atoms with Gasteiger partial charge in [-0.25, -0.2) is 4.39 Å². The van der Waals surface area contributed by atoms with E-state index in [1.807, 2.05) is 41.8 Å². The number of rotatable bonds is 3.